The summed E-state index contributed by atoms with van der Waals surface area (Å²) >= 11 is 1.43. The largest absolute Gasteiger partial charge is 0.398 e. The fourth-order valence-corrected chi connectivity index (χ4v) is 4.15. The summed E-state index contributed by atoms with van der Waals surface area (Å²) in [5.41, 5.74) is 13.7. The molecule has 0 saturated heterocycles. The van der Waals surface area contributed by atoms with Gasteiger partial charge in [0.2, 0.25) is 0 Å². The molecule has 6 heteroatoms. The molecule has 0 fully saturated rings. The summed E-state index contributed by atoms with van der Waals surface area (Å²) in [4.78, 5) is 4.85. The SMILES string of the molecule is N#Cc1ccc2c(c1)CCCC2Nc1ccc(N)c(C(=N)c2cncs2)c1. The number of hydrogen-bond donors (Lipinski definition) is 3. The summed E-state index contributed by atoms with van der Waals surface area (Å²) < 4.78 is 0. The number of benzene rings is 2. The zero-order valence-corrected chi connectivity index (χ0v) is 15.5. The lowest BCUT2D eigenvalue weighted by atomic mass is 9.86. The van der Waals surface area contributed by atoms with Crippen LogP contribution >= 0.6 is 11.3 Å². The van der Waals surface area contributed by atoms with Crippen LogP contribution in [-0.4, -0.2) is 10.7 Å². The molecule has 0 radical (unpaired) electrons. The van der Waals surface area contributed by atoms with Crippen molar-refractivity contribution in [1.82, 2.24) is 4.98 Å². The fraction of sp³-hybridized carbons (Fsp3) is 0.190. The summed E-state index contributed by atoms with van der Waals surface area (Å²) in [6.45, 7) is 0. The molecule has 2 aromatic carbocycles. The fourth-order valence-electron chi connectivity index (χ4n) is 3.57. The molecule has 1 aliphatic rings. The Bertz CT molecular complexity index is 1030. The summed E-state index contributed by atoms with van der Waals surface area (Å²) in [5, 5.41) is 21.2. The van der Waals surface area contributed by atoms with Crippen LogP contribution in [0.5, 0.6) is 0 Å². The Morgan fingerprint density at radius 1 is 1.30 bits per heavy atom. The van der Waals surface area contributed by atoms with E-state index in [1.54, 1.807) is 11.7 Å². The van der Waals surface area contributed by atoms with E-state index in [-0.39, 0.29) is 6.04 Å². The molecule has 5 nitrogen and oxygen atoms in total. The van der Waals surface area contributed by atoms with E-state index < -0.39 is 0 Å². The van der Waals surface area contributed by atoms with E-state index >= 15 is 0 Å². The van der Waals surface area contributed by atoms with Crippen molar-refractivity contribution in [1.29, 1.82) is 10.7 Å². The number of nitrogen functional groups attached to an aromatic ring is 1. The maximum absolute atomic E-state index is 9.13. The van der Waals surface area contributed by atoms with Crippen LogP contribution in [0.2, 0.25) is 0 Å². The minimum atomic E-state index is 0.190. The summed E-state index contributed by atoms with van der Waals surface area (Å²) in [6.07, 6.45) is 4.81. The third-order valence-corrected chi connectivity index (χ3v) is 5.72. The normalized spacial score (nSPS) is 15.6. The molecule has 1 atom stereocenters. The van der Waals surface area contributed by atoms with Crippen LogP contribution in [0.1, 0.15) is 46.0 Å². The van der Waals surface area contributed by atoms with Gasteiger partial charge in [0.1, 0.15) is 0 Å². The topological polar surface area (TPSA) is 98.6 Å². The lowest BCUT2D eigenvalue weighted by Crippen LogP contribution is -2.18. The molecule has 1 aliphatic carbocycles. The second-order valence-corrected chi connectivity index (χ2v) is 7.54. The predicted molar refractivity (Wildman–Crippen MR) is 109 cm³/mol. The van der Waals surface area contributed by atoms with Crippen LogP contribution in [0.15, 0.2) is 48.1 Å². The highest BCUT2D eigenvalue weighted by Gasteiger charge is 2.21. The molecule has 4 N–H and O–H groups in total. The van der Waals surface area contributed by atoms with Gasteiger partial charge in [0.15, 0.2) is 0 Å². The van der Waals surface area contributed by atoms with Crippen molar-refractivity contribution < 1.29 is 0 Å². The third kappa shape index (κ3) is 3.42. The third-order valence-electron chi connectivity index (χ3n) is 4.93. The molecule has 1 heterocycles. The number of aromatic nitrogens is 1. The molecule has 0 bridgehead atoms. The van der Waals surface area contributed by atoms with Gasteiger partial charge in [-0.1, -0.05) is 6.07 Å². The van der Waals surface area contributed by atoms with Gasteiger partial charge in [-0.3, -0.25) is 10.4 Å². The second-order valence-electron chi connectivity index (χ2n) is 6.66. The number of nitrogens with two attached hydrogens (primary N) is 1. The van der Waals surface area contributed by atoms with Gasteiger partial charge < -0.3 is 11.1 Å². The first-order valence-electron chi connectivity index (χ1n) is 8.82. The summed E-state index contributed by atoms with van der Waals surface area (Å²) in [5.74, 6) is 0. The van der Waals surface area contributed by atoms with E-state index in [4.69, 9.17) is 16.4 Å². The Kier molecular flexibility index (Phi) is 4.61. The minimum Gasteiger partial charge on any atom is -0.398 e. The van der Waals surface area contributed by atoms with Gasteiger partial charge in [-0.25, -0.2) is 0 Å². The summed E-state index contributed by atoms with van der Waals surface area (Å²) in [6, 6.07) is 14.1. The van der Waals surface area contributed by atoms with Crippen LogP contribution in [0.25, 0.3) is 0 Å². The zero-order chi connectivity index (χ0) is 18.8. The maximum Gasteiger partial charge on any atom is 0.0991 e. The van der Waals surface area contributed by atoms with Crippen molar-refractivity contribution in [3.8, 4) is 6.07 Å². The molecule has 3 aromatic rings. The first-order chi connectivity index (χ1) is 13.2. The van der Waals surface area contributed by atoms with E-state index in [2.05, 4.69) is 22.4 Å². The van der Waals surface area contributed by atoms with E-state index in [0.717, 1.165) is 29.8 Å². The lowest BCUT2D eigenvalue weighted by molar-refractivity contribution is 0.600. The smallest absolute Gasteiger partial charge is 0.0991 e. The number of nitrogens with one attached hydrogen (secondary N) is 2. The maximum atomic E-state index is 9.13. The molecule has 0 saturated carbocycles. The number of nitrogens with zero attached hydrogens (tertiary/aromatic N) is 2. The Labute approximate surface area is 162 Å². The highest BCUT2D eigenvalue weighted by atomic mass is 32.1. The number of nitriles is 1. The molecular weight excluding hydrogens is 354 g/mol. The Morgan fingerprint density at radius 2 is 2.19 bits per heavy atom. The lowest BCUT2D eigenvalue weighted by Gasteiger charge is -2.27. The average Bonchev–Trinajstić information content (AvgIpc) is 3.23. The summed E-state index contributed by atoms with van der Waals surface area (Å²) in [7, 11) is 0. The van der Waals surface area contributed by atoms with Gasteiger partial charge in [-0.05, 0) is 60.7 Å². The molecule has 0 spiro atoms. The van der Waals surface area contributed by atoms with Gasteiger partial charge in [0, 0.05) is 23.1 Å². The van der Waals surface area contributed by atoms with Crippen molar-refractivity contribution in [2.45, 2.75) is 25.3 Å². The van der Waals surface area contributed by atoms with Crippen molar-refractivity contribution in [3.05, 3.63) is 75.2 Å². The first-order valence-corrected chi connectivity index (χ1v) is 9.70. The second kappa shape index (κ2) is 7.22. The van der Waals surface area contributed by atoms with Crippen LogP contribution in [0, 0.1) is 16.7 Å². The standard InChI is InChI=1S/C21H19N5S/c22-10-13-4-6-16-14(8-13)2-1-3-19(16)26-15-5-7-18(23)17(9-15)21(24)20-11-25-12-27-20/h4-9,11-12,19,24,26H,1-3,23H2. The van der Waals surface area contributed by atoms with E-state index in [1.807, 2.05) is 30.3 Å². The number of rotatable bonds is 4. The molecule has 4 rings (SSSR count). The minimum absolute atomic E-state index is 0.190. The highest BCUT2D eigenvalue weighted by Crippen LogP contribution is 2.34. The number of anilines is 2. The van der Waals surface area contributed by atoms with Crippen LogP contribution in [0.3, 0.4) is 0 Å². The van der Waals surface area contributed by atoms with E-state index in [9.17, 15) is 0 Å². The van der Waals surface area contributed by atoms with E-state index in [0.29, 0.717) is 22.5 Å². The number of hydrogen-bond acceptors (Lipinski definition) is 6. The van der Waals surface area contributed by atoms with Gasteiger partial charge in [-0.2, -0.15) is 5.26 Å². The number of aryl methyl sites for hydroxylation is 1. The van der Waals surface area contributed by atoms with Gasteiger partial charge in [0.05, 0.1) is 33.8 Å². The van der Waals surface area contributed by atoms with Crippen molar-refractivity contribution in [2.24, 2.45) is 0 Å². The highest BCUT2D eigenvalue weighted by molar-refractivity contribution is 7.12. The van der Waals surface area contributed by atoms with Crippen LogP contribution in [-0.2, 0) is 6.42 Å². The molecular formula is C21H19N5S. The number of thiazole rings is 1. The molecule has 0 amide bonds. The Balaban J connectivity index is 1.62. The first kappa shape index (κ1) is 17.3. The van der Waals surface area contributed by atoms with Crippen molar-refractivity contribution in [3.63, 3.8) is 0 Å². The monoisotopic (exact) mass is 373 g/mol. The molecule has 27 heavy (non-hydrogen) atoms. The molecule has 1 aromatic heterocycles. The number of fused-ring (bicyclic) bond motifs is 1. The Morgan fingerprint density at radius 3 is 2.96 bits per heavy atom. The van der Waals surface area contributed by atoms with Crippen LogP contribution < -0.4 is 11.1 Å². The average molecular weight is 373 g/mol. The molecule has 0 aliphatic heterocycles. The van der Waals surface area contributed by atoms with Gasteiger partial charge >= 0.3 is 0 Å². The van der Waals surface area contributed by atoms with Gasteiger partial charge in [0.25, 0.3) is 0 Å². The van der Waals surface area contributed by atoms with Crippen LogP contribution in [0.4, 0.5) is 11.4 Å². The van der Waals surface area contributed by atoms with Crippen molar-refractivity contribution in [2.75, 3.05) is 11.1 Å². The molecule has 134 valence electrons. The van der Waals surface area contributed by atoms with Crippen molar-refractivity contribution >= 4 is 28.4 Å². The van der Waals surface area contributed by atoms with Gasteiger partial charge in [-0.15, -0.1) is 11.3 Å². The Hall–Kier alpha value is -3.17. The predicted octanol–water partition coefficient (Wildman–Crippen LogP) is 4.50. The van der Waals surface area contributed by atoms with E-state index in [1.165, 1.54) is 22.5 Å². The zero-order valence-electron chi connectivity index (χ0n) is 14.7. The quantitative estimate of drug-likeness (QED) is 0.463. The molecule has 1 unspecified atom stereocenters.